The molecule has 0 atom stereocenters. The highest BCUT2D eigenvalue weighted by molar-refractivity contribution is 9.10. The molecule has 0 unspecified atom stereocenters. The lowest BCUT2D eigenvalue weighted by Crippen LogP contribution is -2.18. The number of carboxylic acid groups (broad SMARTS) is 1. The molecule has 0 saturated heterocycles. The molecule has 1 aromatic heterocycles. The van der Waals surface area contributed by atoms with Crippen molar-refractivity contribution in [3.8, 4) is 0 Å². The molecule has 0 aliphatic rings. The Morgan fingerprint density at radius 3 is 2.78 bits per heavy atom. The fourth-order valence-corrected chi connectivity index (χ4v) is 2.29. The predicted octanol–water partition coefficient (Wildman–Crippen LogP) is 2.87. The van der Waals surface area contributed by atoms with Crippen molar-refractivity contribution in [3.05, 3.63) is 44.7 Å². The number of hydrogen-bond donors (Lipinski definition) is 1. The molecule has 4 nitrogen and oxygen atoms in total. The lowest BCUT2D eigenvalue weighted by atomic mass is 10.1. The monoisotopic (exact) mass is 309 g/mol. The molecule has 0 amide bonds. The summed E-state index contributed by atoms with van der Waals surface area (Å²) in [6.07, 6.45) is 2.28. The molecule has 0 aliphatic carbocycles. The van der Waals surface area contributed by atoms with Gasteiger partial charge in [-0.05, 0) is 24.6 Å². The molecule has 2 rings (SSSR count). The Morgan fingerprint density at radius 1 is 1.44 bits per heavy atom. The zero-order valence-electron chi connectivity index (χ0n) is 9.81. The second kappa shape index (κ2) is 4.94. The predicted molar refractivity (Wildman–Crippen MR) is 73.2 cm³/mol. The second-order valence-electron chi connectivity index (χ2n) is 4.03. The maximum absolute atomic E-state index is 12.0. The largest absolute Gasteiger partial charge is 0.477 e. The van der Waals surface area contributed by atoms with Gasteiger partial charge in [-0.3, -0.25) is 4.79 Å². The van der Waals surface area contributed by atoms with Gasteiger partial charge in [0, 0.05) is 22.6 Å². The molecule has 94 valence electrons. The summed E-state index contributed by atoms with van der Waals surface area (Å²) >= 11 is 3.36. The van der Waals surface area contributed by atoms with E-state index in [-0.39, 0.29) is 5.56 Å². The minimum absolute atomic E-state index is 0.182. The summed E-state index contributed by atoms with van der Waals surface area (Å²) in [5, 5.41) is 9.49. The molecule has 0 spiro atoms. The van der Waals surface area contributed by atoms with E-state index in [4.69, 9.17) is 5.11 Å². The SMILES string of the molecule is CCCn1cc(C(=O)O)c(=O)c2ccc(Br)cc21. The Kier molecular flexibility index (Phi) is 3.52. The van der Waals surface area contributed by atoms with E-state index >= 15 is 0 Å². The van der Waals surface area contributed by atoms with E-state index in [1.165, 1.54) is 6.20 Å². The average molecular weight is 310 g/mol. The van der Waals surface area contributed by atoms with Crippen LogP contribution in [0.2, 0.25) is 0 Å². The molecule has 2 aromatic rings. The van der Waals surface area contributed by atoms with Crippen molar-refractivity contribution in [2.45, 2.75) is 19.9 Å². The summed E-state index contributed by atoms with van der Waals surface area (Å²) in [5.41, 5.74) is 0.136. The van der Waals surface area contributed by atoms with Crippen molar-refractivity contribution < 1.29 is 9.90 Å². The van der Waals surface area contributed by atoms with E-state index in [1.807, 2.05) is 17.6 Å². The summed E-state index contributed by atoms with van der Waals surface area (Å²) in [6, 6.07) is 5.23. The van der Waals surface area contributed by atoms with Crippen molar-refractivity contribution in [1.82, 2.24) is 4.57 Å². The standard InChI is InChI=1S/C13H12BrNO3/c1-2-5-15-7-10(13(17)18)12(16)9-4-3-8(14)6-11(9)15/h3-4,6-7H,2,5H2,1H3,(H,17,18). The maximum Gasteiger partial charge on any atom is 0.341 e. The first-order valence-electron chi connectivity index (χ1n) is 5.60. The summed E-state index contributed by atoms with van der Waals surface area (Å²) in [5.74, 6) is -1.19. The number of nitrogens with zero attached hydrogens (tertiary/aromatic N) is 1. The third-order valence-electron chi connectivity index (χ3n) is 2.74. The van der Waals surface area contributed by atoms with E-state index in [1.54, 1.807) is 12.1 Å². The number of aryl methyl sites for hydroxylation is 1. The van der Waals surface area contributed by atoms with Crippen molar-refractivity contribution in [2.24, 2.45) is 0 Å². The zero-order valence-corrected chi connectivity index (χ0v) is 11.4. The Balaban J connectivity index is 2.87. The number of fused-ring (bicyclic) bond motifs is 1. The minimum Gasteiger partial charge on any atom is -0.477 e. The van der Waals surface area contributed by atoms with Crippen molar-refractivity contribution in [2.75, 3.05) is 0 Å². The van der Waals surface area contributed by atoms with Crippen LogP contribution in [0.15, 0.2) is 33.7 Å². The van der Waals surface area contributed by atoms with Crippen molar-refractivity contribution >= 4 is 32.8 Å². The fourth-order valence-electron chi connectivity index (χ4n) is 1.94. The summed E-state index contributed by atoms with van der Waals surface area (Å²) in [6.45, 7) is 2.68. The van der Waals surface area contributed by atoms with Crippen molar-refractivity contribution in [1.29, 1.82) is 0 Å². The zero-order chi connectivity index (χ0) is 13.3. The topological polar surface area (TPSA) is 59.3 Å². The highest BCUT2D eigenvalue weighted by Crippen LogP contribution is 2.18. The van der Waals surface area contributed by atoms with Crippen molar-refractivity contribution in [3.63, 3.8) is 0 Å². The Hall–Kier alpha value is -1.62. The van der Waals surface area contributed by atoms with E-state index in [0.29, 0.717) is 11.9 Å². The van der Waals surface area contributed by atoms with Gasteiger partial charge in [0.05, 0.1) is 5.52 Å². The number of rotatable bonds is 3. The van der Waals surface area contributed by atoms with E-state index in [9.17, 15) is 9.59 Å². The van der Waals surface area contributed by atoms with Gasteiger partial charge < -0.3 is 9.67 Å². The quantitative estimate of drug-likeness (QED) is 0.948. The number of pyridine rings is 1. The summed E-state index contributed by atoms with van der Waals surface area (Å²) in [7, 11) is 0. The van der Waals surface area contributed by atoms with Crippen LogP contribution in [0.5, 0.6) is 0 Å². The van der Waals surface area contributed by atoms with Gasteiger partial charge in [-0.15, -0.1) is 0 Å². The summed E-state index contributed by atoms with van der Waals surface area (Å²) < 4.78 is 2.67. The molecule has 5 heteroatoms. The van der Waals surface area contributed by atoms with Crippen LogP contribution < -0.4 is 5.43 Å². The number of carbonyl (C=O) groups is 1. The van der Waals surface area contributed by atoms with Gasteiger partial charge in [0.15, 0.2) is 0 Å². The molecular weight excluding hydrogens is 298 g/mol. The van der Waals surface area contributed by atoms with Crippen LogP contribution in [0, 0.1) is 0 Å². The minimum atomic E-state index is -1.19. The van der Waals surface area contributed by atoms with Crippen LogP contribution in [-0.4, -0.2) is 15.6 Å². The van der Waals surface area contributed by atoms with Crippen LogP contribution in [0.25, 0.3) is 10.9 Å². The Morgan fingerprint density at radius 2 is 2.17 bits per heavy atom. The van der Waals surface area contributed by atoms with Gasteiger partial charge in [-0.25, -0.2) is 4.79 Å². The second-order valence-corrected chi connectivity index (χ2v) is 4.95. The van der Waals surface area contributed by atoms with Gasteiger partial charge >= 0.3 is 5.97 Å². The highest BCUT2D eigenvalue weighted by atomic mass is 79.9. The van der Waals surface area contributed by atoms with Crippen LogP contribution in [0.1, 0.15) is 23.7 Å². The van der Waals surface area contributed by atoms with Gasteiger partial charge in [-0.1, -0.05) is 22.9 Å². The van der Waals surface area contributed by atoms with Crippen LogP contribution in [-0.2, 0) is 6.54 Å². The smallest absolute Gasteiger partial charge is 0.341 e. The molecular formula is C13H12BrNO3. The lowest BCUT2D eigenvalue weighted by Gasteiger charge is -2.11. The van der Waals surface area contributed by atoms with E-state index in [2.05, 4.69) is 15.9 Å². The number of carboxylic acids is 1. The number of aromatic nitrogens is 1. The molecule has 1 heterocycles. The highest BCUT2D eigenvalue weighted by Gasteiger charge is 2.14. The number of benzene rings is 1. The third-order valence-corrected chi connectivity index (χ3v) is 3.23. The molecule has 1 aromatic carbocycles. The molecule has 0 bridgehead atoms. The fraction of sp³-hybridized carbons (Fsp3) is 0.231. The van der Waals surface area contributed by atoms with E-state index < -0.39 is 11.4 Å². The molecule has 0 saturated carbocycles. The van der Waals surface area contributed by atoms with Crippen LogP contribution >= 0.6 is 15.9 Å². The van der Waals surface area contributed by atoms with Crippen LogP contribution in [0.3, 0.4) is 0 Å². The first kappa shape index (κ1) is 12.8. The van der Waals surface area contributed by atoms with Gasteiger partial charge in [-0.2, -0.15) is 0 Å². The third kappa shape index (κ3) is 2.18. The van der Waals surface area contributed by atoms with Gasteiger partial charge in [0.2, 0.25) is 5.43 Å². The number of hydrogen-bond acceptors (Lipinski definition) is 2. The van der Waals surface area contributed by atoms with Gasteiger partial charge in [0.1, 0.15) is 5.56 Å². The summed E-state index contributed by atoms with van der Waals surface area (Å²) in [4.78, 5) is 23.1. The Labute approximate surface area is 112 Å². The molecule has 1 N–H and O–H groups in total. The maximum atomic E-state index is 12.0. The molecule has 0 fully saturated rings. The average Bonchev–Trinajstić information content (AvgIpc) is 2.32. The molecule has 0 aliphatic heterocycles. The Bertz CT molecular complexity index is 676. The normalized spacial score (nSPS) is 10.8. The van der Waals surface area contributed by atoms with Gasteiger partial charge in [0.25, 0.3) is 0 Å². The molecule has 0 radical (unpaired) electrons. The lowest BCUT2D eigenvalue weighted by molar-refractivity contribution is 0.0695. The first-order valence-corrected chi connectivity index (χ1v) is 6.40. The number of aromatic carboxylic acids is 1. The van der Waals surface area contributed by atoms with Crippen LogP contribution in [0.4, 0.5) is 0 Å². The van der Waals surface area contributed by atoms with E-state index in [0.717, 1.165) is 16.4 Å². The first-order chi connectivity index (χ1) is 8.54. The number of halogens is 1. The molecule has 18 heavy (non-hydrogen) atoms.